The van der Waals surface area contributed by atoms with Crippen molar-refractivity contribution in [2.24, 2.45) is 0 Å². The van der Waals surface area contributed by atoms with Gasteiger partial charge in [-0.05, 0) is 66.8 Å². The summed E-state index contributed by atoms with van der Waals surface area (Å²) in [6.07, 6.45) is 9.50. The zero-order valence-corrected chi connectivity index (χ0v) is 10.6. The number of rotatable bonds is 2. The van der Waals surface area contributed by atoms with E-state index < -0.39 is 6.10 Å². The molecule has 98 valence electrons. The highest BCUT2D eigenvalue weighted by atomic mass is 16.3. The SMILES string of the molecule is OC1CCCC(=Cc2ccco2)C1=Cc1ccco1. The Labute approximate surface area is 111 Å². The van der Waals surface area contributed by atoms with Crippen LogP contribution in [0.4, 0.5) is 0 Å². The number of aliphatic hydroxyl groups excluding tert-OH is 1. The zero-order valence-electron chi connectivity index (χ0n) is 10.6. The van der Waals surface area contributed by atoms with E-state index in [9.17, 15) is 5.11 Å². The van der Waals surface area contributed by atoms with Crippen LogP contribution in [0.25, 0.3) is 12.2 Å². The van der Waals surface area contributed by atoms with E-state index in [1.807, 2.05) is 36.4 Å². The monoisotopic (exact) mass is 256 g/mol. The molecule has 2 heterocycles. The lowest BCUT2D eigenvalue weighted by Crippen LogP contribution is -2.17. The van der Waals surface area contributed by atoms with Crippen molar-refractivity contribution in [1.82, 2.24) is 0 Å². The van der Waals surface area contributed by atoms with Crippen LogP contribution in [0, 0.1) is 0 Å². The number of hydrogen-bond donors (Lipinski definition) is 1. The van der Waals surface area contributed by atoms with Crippen molar-refractivity contribution >= 4 is 12.2 Å². The van der Waals surface area contributed by atoms with Gasteiger partial charge in [-0.15, -0.1) is 0 Å². The number of furan rings is 2. The van der Waals surface area contributed by atoms with Crippen LogP contribution in [0.2, 0.25) is 0 Å². The van der Waals surface area contributed by atoms with Crippen molar-refractivity contribution in [3.63, 3.8) is 0 Å². The lowest BCUT2D eigenvalue weighted by molar-refractivity contribution is 0.191. The minimum Gasteiger partial charge on any atom is -0.465 e. The van der Waals surface area contributed by atoms with Crippen molar-refractivity contribution in [2.75, 3.05) is 0 Å². The predicted octanol–water partition coefficient (Wildman–Crippen LogP) is 3.88. The molecule has 2 aromatic rings. The van der Waals surface area contributed by atoms with Gasteiger partial charge in [-0.3, -0.25) is 0 Å². The first-order valence-corrected chi connectivity index (χ1v) is 6.50. The minimum absolute atomic E-state index is 0.430. The molecule has 1 saturated carbocycles. The molecule has 0 aromatic carbocycles. The molecule has 2 aromatic heterocycles. The molecule has 1 fully saturated rings. The van der Waals surface area contributed by atoms with Crippen molar-refractivity contribution in [1.29, 1.82) is 0 Å². The van der Waals surface area contributed by atoms with Gasteiger partial charge in [0, 0.05) is 0 Å². The van der Waals surface area contributed by atoms with Crippen molar-refractivity contribution in [3.8, 4) is 0 Å². The number of aliphatic hydroxyl groups is 1. The Balaban J connectivity index is 1.96. The van der Waals surface area contributed by atoms with Crippen LogP contribution < -0.4 is 0 Å². The molecule has 1 N–H and O–H groups in total. The zero-order chi connectivity index (χ0) is 13.1. The van der Waals surface area contributed by atoms with Gasteiger partial charge < -0.3 is 13.9 Å². The smallest absolute Gasteiger partial charge is 0.127 e. The fourth-order valence-electron chi connectivity index (χ4n) is 2.42. The summed E-state index contributed by atoms with van der Waals surface area (Å²) >= 11 is 0. The van der Waals surface area contributed by atoms with E-state index in [0.29, 0.717) is 0 Å². The van der Waals surface area contributed by atoms with Crippen molar-refractivity contribution in [2.45, 2.75) is 25.4 Å². The highest BCUT2D eigenvalue weighted by Gasteiger charge is 2.21. The van der Waals surface area contributed by atoms with Gasteiger partial charge in [-0.25, -0.2) is 0 Å². The van der Waals surface area contributed by atoms with E-state index in [2.05, 4.69) is 0 Å². The molecule has 0 amide bonds. The van der Waals surface area contributed by atoms with E-state index in [0.717, 1.165) is 41.9 Å². The second-order valence-electron chi connectivity index (χ2n) is 4.71. The summed E-state index contributed by atoms with van der Waals surface area (Å²) in [4.78, 5) is 0. The third-order valence-electron chi connectivity index (χ3n) is 3.35. The third-order valence-corrected chi connectivity index (χ3v) is 3.35. The maximum Gasteiger partial charge on any atom is 0.127 e. The van der Waals surface area contributed by atoms with Gasteiger partial charge in [0.25, 0.3) is 0 Å². The Hall–Kier alpha value is -2.00. The number of hydrogen-bond acceptors (Lipinski definition) is 3. The third kappa shape index (κ3) is 2.71. The molecule has 3 nitrogen and oxygen atoms in total. The fourth-order valence-corrected chi connectivity index (χ4v) is 2.42. The minimum atomic E-state index is -0.430. The molecule has 3 rings (SSSR count). The standard InChI is InChI=1S/C16H16O3/c17-16-7-1-4-12(10-13-5-2-8-18-13)15(16)11-14-6-3-9-19-14/h2-3,5-6,8-11,16-17H,1,4,7H2. The molecule has 1 aliphatic rings. The molecular weight excluding hydrogens is 240 g/mol. The second-order valence-corrected chi connectivity index (χ2v) is 4.71. The lowest BCUT2D eigenvalue weighted by Gasteiger charge is -2.23. The maximum absolute atomic E-state index is 10.2. The molecule has 1 atom stereocenters. The van der Waals surface area contributed by atoms with E-state index in [4.69, 9.17) is 8.83 Å². The molecule has 1 aliphatic carbocycles. The Morgan fingerprint density at radius 2 is 1.74 bits per heavy atom. The normalized spacial score (nSPS) is 24.2. The predicted molar refractivity (Wildman–Crippen MR) is 73.2 cm³/mol. The molecule has 1 unspecified atom stereocenters. The van der Waals surface area contributed by atoms with E-state index >= 15 is 0 Å². The lowest BCUT2D eigenvalue weighted by atomic mass is 9.86. The van der Waals surface area contributed by atoms with Crippen LogP contribution in [0.5, 0.6) is 0 Å². The average Bonchev–Trinajstić information content (AvgIpc) is 3.07. The molecule has 0 bridgehead atoms. The van der Waals surface area contributed by atoms with Gasteiger partial charge in [-0.2, -0.15) is 0 Å². The molecule has 0 spiro atoms. The largest absolute Gasteiger partial charge is 0.465 e. The first-order chi connectivity index (χ1) is 9.33. The summed E-state index contributed by atoms with van der Waals surface area (Å²) in [6, 6.07) is 7.51. The summed E-state index contributed by atoms with van der Waals surface area (Å²) < 4.78 is 10.7. The first kappa shape index (κ1) is 12.1. The Morgan fingerprint density at radius 1 is 1.05 bits per heavy atom. The highest BCUT2D eigenvalue weighted by Crippen LogP contribution is 2.32. The molecular formula is C16H16O3. The van der Waals surface area contributed by atoms with Crippen molar-refractivity contribution in [3.05, 3.63) is 59.5 Å². The second kappa shape index (κ2) is 5.33. The summed E-state index contributed by atoms with van der Waals surface area (Å²) in [6.45, 7) is 0. The molecule has 3 heteroatoms. The molecule has 0 aliphatic heterocycles. The maximum atomic E-state index is 10.2. The van der Waals surface area contributed by atoms with Crippen LogP contribution >= 0.6 is 0 Å². The van der Waals surface area contributed by atoms with E-state index in [1.54, 1.807) is 12.5 Å². The topological polar surface area (TPSA) is 46.5 Å². The van der Waals surface area contributed by atoms with E-state index in [1.165, 1.54) is 0 Å². The summed E-state index contributed by atoms with van der Waals surface area (Å²) in [5, 5.41) is 10.2. The van der Waals surface area contributed by atoms with Gasteiger partial charge >= 0.3 is 0 Å². The van der Waals surface area contributed by atoms with Gasteiger partial charge in [0.1, 0.15) is 11.5 Å². The van der Waals surface area contributed by atoms with Gasteiger partial charge in [0.05, 0.1) is 18.6 Å². The Morgan fingerprint density at radius 3 is 2.37 bits per heavy atom. The van der Waals surface area contributed by atoms with Gasteiger partial charge in [0.15, 0.2) is 0 Å². The van der Waals surface area contributed by atoms with Crippen LogP contribution in [-0.4, -0.2) is 11.2 Å². The Bertz CT molecular complexity index is 574. The van der Waals surface area contributed by atoms with E-state index in [-0.39, 0.29) is 0 Å². The van der Waals surface area contributed by atoms with Crippen LogP contribution in [0.3, 0.4) is 0 Å². The summed E-state index contributed by atoms with van der Waals surface area (Å²) in [7, 11) is 0. The quantitative estimate of drug-likeness (QED) is 0.886. The first-order valence-electron chi connectivity index (χ1n) is 6.50. The fraction of sp³-hybridized carbons (Fsp3) is 0.250. The van der Waals surface area contributed by atoms with Crippen LogP contribution in [-0.2, 0) is 0 Å². The Kier molecular flexibility index (Phi) is 3.38. The summed E-state index contributed by atoms with van der Waals surface area (Å²) in [5.74, 6) is 1.58. The summed E-state index contributed by atoms with van der Waals surface area (Å²) in [5.41, 5.74) is 2.04. The molecule has 0 radical (unpaired) electrons. The van der Waals surface area contributed by atoms with Gasteiger partial charge in [-0.1, -0.05) is 0 Å². The van der Waals surface area contributed by atoms with Crippen LogP contribution in [0.15, 0.2) is 56.8 Å². The van der Waals surface area contributed by atoms with Gasteiger partial charge in [0.2, 0.25) is 0 Å². The highest BCUT2D eigenvalue weighted by molar-refractivity contribution is 5.64. The molecule has 19 heavy (non-hydrogen) atoms. The average molecular weight is 256 g/mol. The van der Waals surface area contributed by atoms with Crippen LogP contribution in [0.1, 0.15) is 30.8 Å². The van der Waals surface area contributed by atoms with Crippen molar-refractivity contribution < 1.29 is 13.9 Å². The molecule has 0 saturated heterocycles.